The topological polar surface area (TPSA) is 98.7 Å². The third-order valence-corrected chi connectivity index (χ3v) is 3.64. The van der Waals surface area contributed by atoms with Crippen LogP contribution in [0.25, 0.3) is 0 Å². The molecule has 1 fully saturated rings. The van der Waals surface area contributed by atoms with Crippen molar-refractivity contribution < 1.29 is 32.7 Å². The van der Waals surface area contributed by atoms with Crippen LogP contribution < -0.4 is 15.5 Å². The average molecular weight is 359 g/mol. The van der Waals surface area contributed by atoms with Crippen LogP contribution in [0.3, 0.4) is 0 Å². The largest absolute Gasteiger partial charge is 0.481 e. The number of alkyl halides is 3. The molecular weight excluding hydrogens is 343 g/mol. The highest BCUT2D eigenvalue weighted by atomic mass is 19.4. The van der Waals surface area contributed by atoms with Crippen molar-refractivity contribution in [3.8, 4) is 0 Å². The second-order valence-corrected chi connectivity index (χ2v) is 5.39. The van der Waals surface area contributed by atoms with Crippen LogP contribution >= 0.6 is 0 Å². The van der Waals surface area contributed by atoms with E-state index in [0.29, 0.717) is 0 Å². The van der Waals surface area contributed by atoms with Crippen LogP contribution in [-0.4, -0.2) is 42.1 Å². The Morgan fingerprint density at radius 1 is 1.28 bits per heavy atom. The summed E-state index contributed by atoms with van der Waals surface area (Å²) in [7, 11) is 0. The Bertz CT molecular complexity index is 678. The molecule has 1 aliphatic heterocycles. The normalized spacial score (nSPS) is 17.5. The highest BCUT2D eigenvalue weighted by molar-refractivity contribution is 6.01. The molecule has 1 aromatic carbocycles. The van der Waals surface area contributed by atoms with E-state index in [-0.39, 0.29) is 31.6 Å². The molecule has 25 heavy (non-hydrogen) atoms. The molecule has 7 nitrogen and oxygen atoms in total. The van der Waals surface area contributed by atoms with Crippen molar-refractivity contribution >= 4 is 23.6 Å². The molecular formula is C15H16F3N3O4. The third-order valence-electron chi connectivity index (χ3n) is 3.64. The predicted molar refractivity (Wildman–Crippen MR) is 81.0 cm³/mol. The number of carboxylic acids is 1. The van der Waals surface area contributed by atoms with E-state index in [0.717, 1.165) is 11.0 Å². The number of urea groups is 1. The summed E-state index contributed by atoms with van der Waals surface area (Å²) in [6.45, 7) is -0.0886. The van der Waals surface area contributed by atoms with Crippen LogP contribution in [0.4, 0.5) is 23.7 Å². The Morgan fingerprint density at radius 2 is 1.96 bits per heavy atom. The Labute approximate surface area is 140 Å². The fourth-order valence-corrected chi connectivity index (χ4v) is 2.49. The second-order valence-electron chi connectivity index (χ2n) is 5.39. The first-order chi connectivity index (χ1) is 11.7. The predicted octanol–water partition coefficient (Wildman–Crippen LogP) is 1.58. The van der Waals surface area contributed by atoms with Crippen molar-refractivity contribution in [1.29, 1.82) is 0 Å². The maximum Gasteiger partial charge on any atom is 0.418 e. The van der Waals surface area contributed by atoms with Crippen LogP contribution in [-0.2, 0) is 15.8 Å². The molecule has 10 heteroatoms. The molecule has 1 heterocycles. The third kappa shape index (κ3) is 4.61. The number of aliphatic carboxylic acids is 1. The van der Waals surface area contributed by atoms with Crippen LogP contribution in [0, 0.1) is 0 Å². The molecule has 0 bridgehead atoms. The van der Waals surface area contributed by atoms with Gasteiger partial charge in [0.25, 0.3) is 0 Å². The number of hydrogen-bond acceptors (Lipinski definition) is 3. The molecule has 3 N–H and O–H groups in total. The van der Waals surface area contributed by atoms with Gasteiger partial charge in [-0.3, -0.25) is 9.59 Å². The Hall–Kier alpha value is -2.78. The van der Waals surface area contributed by atoms with Gasteiger partial charge in [-0.25, -0.2) is 4.79 Å². The highest BCUT2D eigenvalue weighted by Gasteiger charge is 2.40. The van der Waals surface area contributed by atoms with E-state index in [1.807, 2.05) is 0 Å². The summed E-state index contributed by atoms with van der Waals surface area (Å²) in [4.78, 5) is 35.3. The standard InChI is InChI=1S/C15H16F3N3O4/c16-15(17,18)9-3-1-2-4-11(9)21-8-6-10(13(21)24)20-14(25)19-7-5-12(22)23/h1-4,10H,5-8H2,(H,22,23)(H2,19,20,25). The Morgan fingerprint density at radius 3 is 2.60 bits per heavy atom. The van der Waals surface area contributed by atoms with Crippen molar-refractivity contribution in [3.63, 3.8) is 0 Å². The van der Waals surface area contributed by atoms with Gasteiger partial charge in [0.15, 0.2) is 0 Å². The number of halogens is 3. The molecule has 136 valence electrons. The Kier molecular flexibility index (Phi) is 5.50. The minimum absolute atomic E-state index is 0.0337. The lowest BCUT2D eigenvalue weighted by atomic mass is 10.1. The van der Waals surface area contributed by atoms with Crippen molar-refractivity contribution in [2.75, 3.05) is 18.0 Å². The lowest BCUT2D eigenvalue weighted by Gasteiger charge is -2.21. The number of nitrogens with one attached hydrogen (secondary N) is 2. The van der Waals surface area contributed by atoms with Gasteiger partial charge in [0.1, 0.15) is 6.04 Å². The van der Waals surface area contributed by atoms with Gasteiger partial charge < -0.3 is 20.6 Å². The van der Waals surface area contributed by atoms with E-state index in [2.05, 4.69) is 10.6 Å². The highest BCUT2D eigenvalue weighted by Crippen LogP contribution is 2.37. The summed E-state index contributed by atoms with van der Waals surface area (Å²) in [6, 6.07) is 3.02. The summed E-state index contributed by atoms with van der Waals surface area (Å²) in [5.74, 6) is -1.74. The van der Waals surface area contributed by atoms with Gasteiger partial charge in [0.2, 0.25) is 5.91 Å². The molecule has 1 saturated heterocycles. The smallest absolute Gasteiger partial charge is 0.418 e. The zero-order valence-electron chi connectivity index (χ0n) is 13.0. The van der Waals surface area contributed by atoms with Gasteiger partial charge in [-0.2, -0.15) is 13.2 Å². The monoisotopic (exact) mass is 359 g/mol. The number of anilines is 1. The van der Waals surface area contributed by atoms with Gasteiger partial charge in [0, 0.05) is 13.1 Å². The first-order valence-corrected chi connectivity index (χ1v) is 7.44. The van der Waals surface area contributed by atoms with Gasteiger partial charge in [-0.05, 0) is 18.6 Å². The van der Waals surface area contributed by atoms with Crippen molar-refractivity contribution in [2.45, 2.75) is 25.1 Å². The van der Waals surface area contributed by atoms with Gasteiger partial charge in [-0.1, -0.05) is 12.1 Å². The van der Waals surface area contributed by atoms with Crippen molar-refractivity contribution in [2.24, 2.45) is 0 Å². The minimum atomic E-state index is -4.60. The van der Waals surface area contributed by atoms with Crippen molar-refractivity contribution in [1.82, 2.24) is 10.6 Å². The number of para-hydroxylation sites is 1. The van der Waals surface area contributed by atoms with E-state index in [4.69, 9.17) is 5.11 Å². The van der Waals surface area contributed by atoms with Crippen LogP contribution in [0.15, 0.2) is 24.3 Å². The first-order valence-electron chi connectivity index (χ1n) is 7.44. The van der Waals surface area contributed by atoms with Gasteiger partial charge in [0.05, 0.1) is 17.7 Å². The number of carboxylic acid groups (broad SMARTS) is 1. The fraction of sp³-hybridized carbons (Fsp3) is 0.400. The molecule has 0 saturated carbocycles. The zero-order valence-corrected chi connectivity index (χ0v) is 13.0. The molecule has 2 rings (SSSR count). The summed E-state index contributed by atoms with van der Waals surface area (Å²) in [5, 5.41) is 13.1. The van der Waals surface area contributed by atoms with Crippen LogP contribution in [0.1, 0.15) is 18.4 Å². The first kappa shape index (κ1) is 18.6. The van der Waals surface area contributed by atoms with Gasteiger partial charge in [-0.15, -0.1) is 0 Å². The number of amides is 3. The van der Waals surface area contributed by atoms with Crippen LogP contribution in [0.2, 0.25) is 0 Å². The van der Waals surface area contributed by atoms with E-state index in [9.17, 15) is 27.6 Å². The molecule has 0 spiro atoms. The lowest BCUT2D eigenvalue weighted by molar-refractivity contribution is -0.138. The number of hydrogen-bond donors (Lipinski definition) is 3. The quantitative estimate of drug-likeness (QED) is 0.743. The molecule has 1 aliphatic rings. The van der Waals surface area contributed by atoms with Crippen molar-refractivity contribution in [3.05, 3.63) is 29.8 Å². The number of rotatable bonds is 5. The summed E-state index contributed by atoms with van der Waals surface area (Å²) < 4.78 is 39.2. The molecule has 0 radical (unpaired) electrons. The molecule has 0 aromatic heterocycles. The lowest BCUT2D eigenvalue weighted by Crippen LogP contribution is -2.46. The Balaban J connectivity index is 2.03. The second kappa shape index (κ2) is 7.41. The summed E-state index contributed by atoms with van der Waals surface area (Å²) >= 11 is 0. The maximum absolute atomic E-state index is 13.1. The molecule has 1 atom stereocenters. The minimum Gasteiger partial charge on any atom is -0.481 e. The SMILES string of the molecule is O=C(O)CCNC(=O)NC1CCN(c2ccccc2C(F)(F)F)C1=O. The van der Waals surface area contributed by atoms with E-state index >= 15 is 0 Å². The van der Waals surface area contributed by atoms with E-state index in [1.54, 1.807) is 0 Å². The van der Waals surface area contributed by atoms with Gasteiger partial charge >= 0.3 is 18.2 Å². The maximum atomic E-state index is 13.1. The van der Waals surface area contributed by atoms with E-state index < -0.39 is 35.7 Å². The number of benzene rings is 1. The average Bonchev–Trinajstić information content (AvgIpc) is 2.87. The van der Waals surface area contributed by atoms with E-state index in [1.165, 1.54) is 18.2 Å². The summed E-state index contributed by atoms with van der Waals surface area (Å²) in [6.07, 6.45) is -4.73. The number of carbonyl (C=O) groups excluding carboxylic acids is 2. The molecule has 1 aromatic rings. The number of carbonyl (C=O) groups is 3. The fourth-order valence-electron chi connectivity index (χ4n) is 2.49. The molecule has 0 aliphatic carbocycles. The number of nitrogens with zero attached hydrogens (tertiary/aromatic N) is 1. The zero-order chi connectivity index (χ0) is 18.6. The molecule has 1 unspecified atom stereocenters. The van der Waals surface area contributed by atoms with Crippen LogP contribution in [0.5, 0.6) is 0 Å². The molecule has 3 amide bonds. The summed E-state index contributed by atoms with van der Waals surface area (Å²) in [5.41, 5.74) is -1.18.